The first-order chi connectivity index (χ1) is 5.33. The fourth-order valence-electron chi connectivity index (χ4n) is 0.214. The highest BCUT2D eigenvalue weighted by Gasteiger charge is 1.94. The molecule has 0 aromatic heterocycles. The molecule has 0 rings (SSSR count). The third kappa shape index (κ3) is 22.9. The molecule has 6 heteroatoms. The maximum atomic E-state index is 10.0. The van der Waals surface area contributed by atoms with Crippen LogP contribution >= 0.6 is 0 Å². The molecule has 0 aromatic carbocycles. The molecule has 0 radical (unpaired) electrons. The van der Waals surface area contributed by atoms with Crippen LogP contribution in [-0.2, 0) is 19.1 Å². The van der Waals surface area contributed by atoms with E-state index in [-0.39, 0.29) is 6.61 Å². The summed E-state index contributed by atoms with van der Waals surface area (Å²) in [6.07, 6.45) is 2.08. The molecule has 0 heterocycles. The van der Waals surface area contributed by atoms with Gasteiger partial charge >= 0.3 is 0 Å². The molecule has 0 fully saturated rings. The molecule has 0 unspecified atom stereocenters. The first-order valence-electron chi connectivity index (χ1n) is 3.09. The maximum absolute atomic E-state index is 10.0. The molecule has 0 aromatic rings. The van der Waals surface area contributed by atoms with E-state index in [2.05, 4.69) is 16.5 Å². The van der Waals surface area contributed by atoms with Gasteiger partial charge in [-0.25, -0.2) is 0 Å². The number of nitrogens with two attached hydrogens (primary N) is 1. The van der Waals surface area contributed by atoms with Crippen molar-refractivity contribution in [2.24, 2.45) is 5.73 Å². The summed E-state index contributed by atoms with van der Waals surface area (Å²) in [5.74, 6) is -0.481. The Hall–Kier alpha value is -0.880. The van der Waals surface area contributed by atoms with E-state index in [9.17, 15) is 13.2 Å². The number of rotatable bonds is 3. The van der Waals surface area contributed by atoms with Crippen molar-refractivity contribution in [3.05, 3.63) is 12.7 Å². The Bertz CT molecular complexity index is 232. The Balaban J connectivity index is 0. The molecule has 0 aliphatic carbocycles. The molecule has 0 saturated carbocycles. The average molecular weight is 195 g/mol. The molecule has 1 amide bonds. The minimum atomic E-state index is -3.17. The van der Waals surface area contributed by atoms with Crippen molar-refractivity contribution in [2.75, 3.05) is 12.9 Å². The summed E-state index contributed by atoms with van der Waals surface area (Å²) in [6.45, 7) is 4.93. The fourth-order valence-corrected chi connectivity index (χ4v) is 0.642. The molecule has 0 spiro atoms. The summed E-state index contributed by atoms with van der Waals surface area (Å²) in [6, 6.07) is 0. The Morgan fingerprint density at radius 2 is 2.00 bits per heavy atom. The zero-order valence-electron chi connectivity index (χ0n) is 7.11. The minimum absolute atomic E-state index is 0.221. The number of carbonyl (C=O) groups is 1. The van der Waals surface area contributed by atoms with Gasteiger partial charge in [-0.15, -0.1) is 0 Å². The van der Waals surface area contributed by atoms with Crippen LogP contribution in [0.25, 0.3) is 0 Å². The lowest BCUT2D eigenvalue weighted by molar-refractivity contribution is -0.113. The van der Waals surface area contributed by atoms with Crippen molar-refractivity contribution in [3.8, 4) is 0 Å². The van der Waals surface area contributed by atoms with E-state index >= 15 is 0 Å². The standard InChI is InChI=1S/C3H5NO.C3H8O3S/c1-2-3(4)5;1-3-6-7(2,4)5/h2H,1H2,(H2,4,5);3H2,1-2H3. The monoisotopic (exact) mass is 195 g/mol. The molecule has 5 nitrogen and oxygen atoms in total. The summed E-state index contributed by atoms with van der Waals surface area (Å²) in [4.78, 5) is 9.47. The minimum Gasteiger partial charge on any atom is -0.366 e. The Morgan fingerprint density at radius 1 is 1.67 bits per heavy atom. The van der Waals surface area contributed by atoms with Crippen LogP contribution in [-0.4, -0.2) is 27.2 Å². The van der Waals surface area contributed by atoms with Gasteiger partial charge in [0.1, 0.15) is 0 Å². The second-order valence-electron chi connectivity index (χ2n) is 1.72. The first-order valence-corrected chi connectivity index (χ1v) is 4.91. The highest BCUT2D eigenvalue weighted by molar-refractivity contribution is 7.85. The largest absolute Gasteiger partial charge is 0.366 e. The van der Waals surface area contributed by atoms with Gasteiger partial charge in [0, 0.05) is 0 Å². The van der Waals surface area contributed by atoms with Crippen LogP contribution in [0, 0.1) is 0 Å². The fraction of sp³-hybridized carbons (Fsp3) is 0.500. The van der Waals surface area contributed by atoms with E-state index in [0.29, 0.717) is 0 Å². The number of hydrogen-bond donors (Lipinski definition) is 1. The summed E-state index contributed by atoms with van der Waals surface area (Å²) >= 11 is 0. The van der Waals surface area contributed by atoms with Crippen LogP contribution in [0.5, 0.6) is 0 Å². The molecule has 12 heavy (non-hydrogen) atoms. The van der Waals surface area contributed by atoms with E-state index in [1.54, 1.807) is 6.92 Å². The highest BCUT2D eigenvalue weighted by Crippen LogP contribution is 1.81. The number of primary amides is 1. The molecule has 0 bridgehead atoms. The van der Waals surface area contributed by atoms with Crippen LogP contribution in [0.2, 0.25) is 0 Å². The molecule has 0 aliphatic rings. The van der Waals surface area contributed by atoms with Gasteiger partial charge < -0.3 is 5.73 Å². The highest BCUT2D eigenvalue weighted by atomic mass is 32.2. The topological polar surface area (TPSA) is 86.5 Å². The van der Waals surface area contributed by atoms with Crippen LogP contribution in [0.3, 0.4) is 0 Å². The lowest BCUT2D eigenvalue weighted by atomic mass is 10.6. The van der Waals surface area contributed by atoms with Crippen LogP contribution in [0.1, 0.15) is 6.92 Å². The summed E-state index contributed by atoms with van der Waals surface area (Å²) < 4.78 is 24.2. The molecule has 0 atom stereocenters. The number of hydrogen-bond acceptors (Lipinski definition) is 4. The number of amides is 1. The van der Waals surface area contributed by atoms with Gasteiger partial charge in [0.05, 0.1) is 12.9 Å². The molecule has 0 saturated heterocycles. The van der Waals surface area contributed by atoms with E-state index in [0.717, 1.165) is 12.3 Å². The molecule has 0 aliphatic heterocycles. The molecular formula is C6H13NO4S. The summed E-state index contributed by atoms with van der Waals surface area (Å²) in [7, 11) is -3.17. The van der Waals surface area contributed by atoms with Gasteiger partial charge in [-0.05, 0) is 13.0 Å². The lowest BCUT2D eigenvalue weighted by Gasteiger charge is -1.90. The predicted octanol–water partition coefficient (Wildman–Crippen LogP) is -0.360. The predicted molar refractivity (Wildman–Crippen MR) is 45.9 cm³/mol. The average Bonchev–Trinajstić information content (AvgIpc) is 1.86. The smallest absolute Gasteiger partial charge is 0.264 e. The SMILES string of the molecule is C=CC(N)=O.CCOS(C)(=O)=O. The second kappa shape index (κ2) is 6.81. The molecule has 2 N–H and O–H groups in total. The van der Waals surface area contributed by atoms with Crippen LogP contribution < -0.4 is 5.73 Å². The maximum Gasteiger partial charge on any atom is 0.264 e. The zero-order valence-corrected chi connectivity index (χ0v) is 7.93. The van der Waals surface area contributed by atoms with E-state index in [4.69, 9.17) is 0 Å². The second-order valence-corrected chi connectivity index (χ2v) is 3.36. The van der Waals surface area contributed by atoms with Gasteiger partial charge in [0.15, 0.2) is 0 Å². The van der Waals surface area contributed by atoms with E-state index in [1.807, 2.05) is 0 Å². The first kappa shape index (κ1) is 13.7. The third-order valence-corrected chi connectivity index (χ3v) is 1.20. The van der Waals surface area contributed by atoms with Crippen molar-refractivity contribution in [3.63, 3.8) is 0 Å². The van der Waals surface area contributed by atoms with Gasteiger partial charge in [-0.1, -0.05) is 6.58 Å². The zero-order chi connectivity index (χ0) is 10.2. The Morgan fingerprint density at radius 3 is 2.00 bits per heavy atom. The molecular weight excluding hydrogens is 182 g/mol. The van der Waals surface area contributed by atoms with Crippen LogP contribution in [0.15, 0.2) is 12.7 Å². The van der Waals surface area contributed by atoms with E-state index in [1.165, 1.54) is 0 Å². The quantitative estimate of drug-likeness (QED) is 0.492. The van der Waals surface area contributed by atoms with E-state index < -0.39 is 16.0 Å². The van der Waals surface area contributed by atoms with Gasteiger partial charge in [-0.2, -0.15) is 8.42 Å². The van der Waals surface area contributed by atoms with Gasteiger partial charge in [-0.3, -0.25) is 8.98 Å². The van der Waals surface area contributed by atoms with Gasteiger partial charge in [0.25, 0.3) is 10.1 Å². The van der Waals surface area contributed by atoms with Crippen molar-refractivity contribution >= 4 is 16.0 Å². The van der Waals surface area contributed by atoms with Gasteiger partial charge in [0.2, 0.25) is 5.91 Å². The van der Waals surface area contributed by atoms with Crippen molar-refractivity contribution < 1.29 is 17.4 Å². The third-order valence-electron chi connectivity index (χ3n) is 0.533. The summed E-state index contributed by atoms with van der Waals surface area (Å²) in [5.41, 5.74) is 4.53. The van der Waals surface area contributed by atoms with Crippen molar-refractivity contribution in [2.45, 2.75) is 6.92 Å². The van der Waals surface area contributed by atoms with Crippen molar-refractivity contribution in [1.29, 1.82) is 0 Å². The lowest BCUT2D eigenvalue weighted by Crippen LogP contribution is -2.04. The normalized spacial score (nSPS) is 9.50. The summed E-state index contributed by atoms with van der Waals surface area (Å²) in [5, 5.41) is 0. The Labute approximate surface area is 72.3 Å². The number of carbonyl (C=O) groups excluding carboxylic acids is 1. The van der Waals surface area contributed by atoms with Crippen molar-refractivity contribution in [1.82, 2.24) is 0 Å². The Kier molecular flexibility index (Phi) is 7.77. The van der Waals surface area contributed by atoms with Crippen LogP contribution in [0.4, 0.5) is 0 Å². The molecule has 72 valence electrons.